The molecule has 2 unspecified atom stereocenters. The topological polar surface area (TPSA) is 58.8 Å². The van der Waals surface area contributed by atoms with Crippen LogP contribution in [0.25, 0.3) is 0 Å². The molecule has 1 amide bonds. The van der Waals surface area contributed by atoms with Crippen LogP contribution < -0.4 is 10.6 Å². The predicted octanol–water partition coefficient (Wildman–Crippen LogP) is 5.32. The van der Waals surface area contributed by atoms with Gasteiger partial charge >= 0.3 is 12.3 Å². The van der Waals surface area contributed by atoms with Crippen LogP contribution in [0.1, 0.15) is 64.9 Å². The van der Waals surface area contributed by atoms with Crippen molar-refractivity contribution in [1.29, 1.82) is 0 Å². The third kappa shape index (κ3) is 5.85. The van der Waals surface area contributed by atoms with Gasteiger partial charge < -0.3 is 20.3 Å². The van der Waals surface area contributed by atoms with Crippen molar-refractivity contribution in [2.45, 2.75) is 89.2 Å². The molecule has 2 fully saturated rings. The van der Waals surface area contributed by atoms with Gasteiger partial charge in [-0.1, -0.05) is 12.8 Å². The largest absolute Gasteiger partial charge is 0.444 e. The molecule has 2 N–H and O–H groups in total. The van der Waals surface area contributed by atoms with Crippen molar-refractivity contribution in [3.8, 4) is 0 Å². The minimum Gasteiger partial charge on any atom is -0.444 e. The predicted molar refractivity (Wildman–Crippen MR) is 115 cm³/mol. The molecule has 1 saturated carbocycles. The molecule has 0 aromatic heterocycles. The standard InChI is InChI=1S/C23H33F4N3O2/c1-22(2,3)32-21(31)30(20-7-5-4-6-19(20)28)15-10-12-29(13-11-15)16-8-9-17(18(24)14-16)23(25,26)27/h8-9,14-15,19-20H,4-7,10-13,28H2,1-3H3. The summed E-state index contributed by atoms with van der Waals surface area (Å²) >= 11 is 0. The van der Waals surface area contributed by atoms with E-state index in [9.17, 15) is 22.4 Å². The van der Waals surface area contributed by atoms with E-state index < -0.39 is 23.2 Å². The average Bonchev–Trinajstić information content (AvgIpc) is 2.68. The number of carbonyl (C=O) groups excluding carboxylic acids is 1. The van der Waals surface area contributed by atoms with Gasteiger partial charge in [0.25, 0.3) is 0 Å². The molecule has 2 aliphatic rings. The second-order valence-corrected chi connectivity index (χ2v) is 9.78. The summed E-state index contributed by atoms with van der Waals surface area (Å²) in [6.45, 7) is 6.47. The van der Waals surface area contributed by atoms with Crippen molar-refractivity contribution in [3.05, 3.63) is 29.6 Å². The Hall–Kier alpha value is -2.03. The van der Waals surface area contributed by atoms with Gasteiger partial charge in [0.1, 0.15) is 11.4 Å². The zero-order valence-corrected chi connectivity index (χ0v) is 18.9. The number of ether oxygens (including phenoxy) is 1. The Balaban J connectivity index is 1.73. The van der Waals surface area contributed by atoms with Gasteiger partial charge in [-0.05, 0) is 64.7 Å². The Labute approximate surface area is 186 Å². The van der Waals surface area contributed by atoms with E-state index in [4.69, 9.17) is 10.5 Å². The number of piperidine rings is 1. The van der Waals surface area contributed by atoms with E-state index in [-0.39, 0.29) is 24.2 Å². The molecule has 1 aromatic rings. The highest BCUT2D eigenvalue weighted by molar-refractivity contribution is 5.69. The van der Waals surface area contributed by atoms with Crippen LogP contribution in [0.4, 0.5) is 28.0 Å². The lowest BCUT2D eigenvalue weighted by atomic mass is 9.88. The van der Waals surface area contributed by atoms with Gasteiger partial charge in [0, 0.05) is 30.9 Å². The normalized spacial score (nSPS) is 23.2. The van der Waals surface area contributed by atoms with Crippen LogP contribution in [0.3, 0.4) is 0 Å². The van der Waals surface area contributed by atoms with Crippen LogP contribution in [0.5, 0.6) is 0 Å². The fourth-order valence-corrected chi connectivity index (χ4v) is 4.69. The molecule has 1 aliphatic carbocycles. The molecule has 2 atom stereocenters. The van der Waals surface area contributed by atoms with E-state index in [0.717, 1.165) is 37.8 Å². The molecule has 0 radical (unpaired) electrons. The van der Waals surface area contributed by atoms with Gasteiger partial charge in [-0.25, -0.2) is 9.18 Å². The van der Waals surface area contributed by atoms with Crippen molar-refractivity contribution < 1.29 is 27.1 Å². The number of amides is 1. The minimum atomic E-state index is -4.72. The molecule has 1 saturated heterocycles. The van der Waals surface area contributed by atoms with Crippen molar-refractivity contribution in [2.24, 2.45) is 5.73 Å². The highest BCUT2D eigenvalue weighted by Gasteiger charge is 2.39. The summed E-state index contributed by atoms with van der Waals surface area (Å²) in [5.41, 5.74) is 4.89. The highest BCUT2D eigenvalue weighted by Crippen LogP contribution is 2.35. The summed E-state index contributed by atoms with van der Waals surface area (Å²) in [6.07, 6.45) is -0.172. The molecule has 5 nitrogen and oxygen atoms in total. The first-order valence-corrected chi connectivity index (χ1v) is 11.3. The van der Waals surface area contributed by atoms with Gasteiger partial charge in [-0.3, -0.25) is 0 Å². The average molecular weight is 460 g/mol. The maximum Gasteiger partial charge on any atom is 0.419 e. The van der Waals surface area contributed by atoms with Crippen molar-refractivity contribution >= 4 is 11.8 Å². The van der Waals surface area contributed by atoms with Crippen LogP contribution in [0, 0.1) is 5.82 Å². The number of hydrogen-bond acceptors (Lipinski definition) is 4. The fraction of sp³-hybridized carbons (Fsp3) is 0.696. The Bertz CT molecular complexity index is 801. The molecule has 1 aromatic carbocycles. The molecular formula is C23H33F4N3O2. The Morgan fingerprint density at radius 2 is 1.72 bits per heavy atom. The first-order chi connectivity index (χ1) is 14.9. The maximum atomic E-state index is 14.0. The number of nitrogens with zero attached hydrogens (tertiary/aromatic N) is 2. The quantitative estimate of drug-likeness (QED) is 0.622. The fourth-order valence-electron chi connectivity index (χ4n) is 4.69. The van der Waals surface area contributed by atoms with Crippen LogP contribution >= 0.6 is 0 Å². The number of halogens is 4. The number of anilines is 1. The maximum absolute atomic E-state index is 14.0. The smallest absolute Gasteiger partial charge is 0.419 e. The van der Waals surface area contributed by atoms with E-state index in [1.807, 2.05) is 25.7 Å². The van der Waals surface area contributed by atoms with Crippen molar-refractivity contribution in [1.82, 2.24) is 4.90 Å². The highest BCUT2D eigenvalue weighted by atomic mass is 19.4. The van der Waals surface area contributed by atoms with Crippen LogP contribution in [0.2, 0.25) is 0 Å². The van der Waals surface area contributed by atoms with Crippen LogP contribution in [-0.4, -0.2) is 47.8 Å². The third-order valence-electron chi connectivity index (χ3n) is 6.22. The zero-order valence-electron chi connectivity index (χ0n) is 18.9. The van der Waals surface area contributed by atoms with E-state index in [1.54, 1.807) is 4.90 Å². The number of alkyl halides is 3. The van der Waals surface area contributed by atoms with Crippen molar-refractivity contribution in [2.75, 3.05) is 18.0 Å². The Morgan fingerprint density at radius 1 is 1.09 bits per heavy atom. The first-order valence-electron chi connectivity index (χ1n) is 11.3. The first kappa shape index (κ1) is 24.6. The van der Waals surface area contributed by atoms with E-state index in [1.165, 1.54) is 6.07 Å². The molecule has 0 bridgehead atoms. The summed E-state index contributed by atoms with van der Waals surface area (Å²) in [5.74, 6) is -1.28. The van der Waals surface area contributed by atoms with Gasteiger partial charge in [-0.15, -0.1) is 0 Å². The number of hydrogen-bond donors (Lipinski definition) is 1. The van der Waals surface area contributed by atoms with Gasteiger partial charge in [0.15, 0.2) is 0 Å². The summed E-state index contributed by atoms with van der Waals surface area (Å²) in [7, 11) is 0. The van der Waals surface area contributed by atoms with Crippen LogP contribution in [-0.2, 0) is 10.9 Å². The molecule has 0 spiro atoms. The van der Waals surface area contributed by atoms with E-state index >= 15 is 0 Å². The summed E-state index contributed by atoms with van der Waals surface area (Å²) < 4.78 is 58.3. The molecule has 1 heterocycles. The second-order valence-electron chi connectivity index (χ2n) is 9.78. The number of rotatable bonds is 3. The molecule has 9 heteroatoms. The SMILES string of the molecule is CC(C)(C)OC(=O)N(C1CCN(c2ccc(C(F)(F)F)c(F)c2)CC1)C1CCCCC1N. The van der Waals surface area contributed by atoms with Gasteiger partial charge in [0.2, 0.25) is 0 Å². The molecule has 1 aliphatic heterocycles. The summed E-state index contributed by atoms with van der Waals surface area (Å²) in [6, 6.07) is 2.72. The van der Waals surface area contributed by atoms with Gasteiger partial charge in [0.05, 0.1) is 11.6 Å². The summed E-state index contributed by atoms with van der Waals surface area (Å²) in [5, 5.41) is 0. The lowest BCUT2D eigenvalue weighted by Crippen LogP contribution is -2.58. The molecule has 3 rings (SSSR count). The van der Waals surface area contributed by atoms with E-state index in [0.29, 0.717) is 31.6 Å². The lowest BCUT2D eigenvalue weighted by molar-refractivity contribution is -0.139. The van der Waals surface area contributed by atoms with E-state index in [2.05, 4.69) is 0 Å². The molecular weight excluding hydrogens is 426 g/mol. The summed E-state index contributed by atoms with van der Waals surface area (Å²) in [4.78, 5) is 16.8. The van der Waals surface area contributed by atoms with Gasteiger partial charge in [-0.2, -0.15) is 13.2 Å². The Kier molecular flexibility index (Phi) is 7.27. The zero-order chi connectivity index (χ0) is 23.7. The number of carbonyl (C=O) groups is 1. The van der Waals surface area contributed by atoms with Crippen molar-refractivity contribution in [3.63, 3.8) is 0 Å². The molecule has 32 heavy (non-hydrogen) atoms. The van der Waals surface area contributed by atoms with Crippen LogP contribution in [0.15, 0.2) is 18.2 Å². The third-order valence-corrected chi connectivity index (χ3v) is 6.22. The molecule has 180 valence electrons. The number of benzene rings is 1. The monoisotopic (exact) mass is 459 g/mol. The minimum absolute atomic E-state index is 0.0884. The Morgan fingerprint density at radius 3 is 2.25 bits per heavy atom. The second kappa shape index (κ2) is 9.45. The number of nitrogens with two attached hydrogens (primary N) is 1. The lowest BCUT2D eigenvalue weighted by Gasteiger charge is -2.46.